The molecular formula is C18H34O7. The molecule has 0 amide bonds. The number of aliphatic hydroxyl groups is 1. The summed E-state index contributed by atoms with van der Waals surface area (Å²) in [4.78, 5) is 24.2. The molecule has 0 bridgehead atoms. The van der Waals surface area contributed by atoms with Gasteiger partial charge in [0.05, 0.1) is 30.3 Å². The number of ether oxygens (including phenoxy) is 4. The molecule has 1 N–H and O–H groups in total. The fourth-order valence-corrected chi connectivity index (χ4v) is 1.74. The third-order valence-corrected chi connectivity index (χ3v) is 3.25. The van der Waals surface area contributed by atoms with Crippen molar-refractivity contribution in [3.8, 4) is 0 Å². The molecule has 0 spiro atoms. The standard InChI is InChI=1S/C18H34O7/c1-12(2)25-14(4)10-23-15(20)17(5,6)11-24-18(7,8)16(21)22-9-13(3)19/h12-14,19H,9-11H2,1-8H3. The van der Waals surface area contributed by atoms with Crippen molar-refractivity contribution in [2.24, 2.45) is 5.41 Å². The van der Waals surface area contributed by atoms with Crippen LogP contribution in [-0.2, 0) is 28.5 Å². The third-order valence-electron chi connectivity index (χ3n) is 3.25. The van der Waals surface area contributed by atoms with Gasteiger partial charge in [0.15, 0.2) is 5.60 Å². The van der Waals surface area contributed by atoms with Crippen LogP contribution >= 0.6 is 0 Å². The van der Waals surface area contributed by atoms with E-state index in [0.717, 1.165) is 0 Å². The summed E-state index contributed by atoms with van der Waals surface area (Å²) in [5.41, 5.74) is -2.17. The molecular weight excluding hydrogens is 328 g/mol. The molecule has 0 aromatic rings. The number of hydrogen-bond donors (Lipinski definition) is 1. The second-order valence-electron chi connectivity index (χ2n) is 7.72. The lowest BCUT2D eigenvalue weighted by molar-refractivity contribution is -0.180. The van der Waals surface area contributed by atoms with Crippen LogP contribution in [0.1, 0.15) is 55.4 Å². The van der Waals surface area contributed by atoms with Gasteiger partial charge in [0.1, 0.15) is 13.2 Å². The molecule has 0 aliphatic rings. The van der Waals surface area contributed by atoms with E-state index >= 15 is 0 Å². The highest BCUT2D eigenvalue weighted by molar-refractivity contribution is 5.79. The molecule has 148 valence electrons. The van der Waals surface area contributed by atoms with Crippen molar-refractivity contribution >= 4 is 11.9 Å². The fourth-order valence-electron chi connectivity index (χ4n) is 1.74. The monoisotopic (exact) mass is 362 g/mol. The Labute approximate surface area is 151 Å². The molecule has 7 heteroatoms. The molecule has 0 aromatic heterocycles. The maximum atomic E-state index is 12.2. The Morgan fingerprint density at radius 1 is 0.920 bits per heavy atom. The molecule has 7 nitrogen and oxygen atoms in total. The van der Waals surface area contributed by atoms with Crippen LogP contribution in [0.25, 0.3) is 0 Å². The lowest BCUT2D eigenvalue weighted by Gasteiger charge is -2.29. The van der Waals surface area contributed by atoms with Crippen LogP contribution in [0.4, 0.5) is 0 Å². The maximum absolute atomic E-state index is 12.2. The Morgan fingerprint density at radius 2 is 1.44 bits per heavy atom. The predicted octanol–water partition coefficient (Wildman–Crippen LogP) is 2.09. The molecule has 0 aromatic carbocycles. The van der Waals surface area contributed by atoms with Crippen molar-refractivity contribution in [2.45, 2.75) is 79.3 Å². The third kappa shape index (κ3) is 9.77. The van der Waals surface area contributed by atoms with Crippen molar-refractivity contribution in [1.82, 2.24) is 0 Å². The van der Waals surface area contributed by atoms with Gasteiger partial charge in [-0.05, 0) is 55.4 Å². The summed E-state index contributed by atoms with van der Waals surface area (Å²) < 4.78 is 21.4. The molecule has 0 radical (unpaired) electrons. The van der Waals surface area contributed by atoms with Gasteiger partial charge in [0, 0.05) is 0 Å². The molecule has 0 fully saturated rings. The van der Waals surface area contributed by atoms with E-state index in [-0.39, 0.29) is 32.0 Å². The van der Waals surface area contributed by atoms with Gasteiger partial charge >= 0.3 is 11.9 Å². The van der Waals surface area contributed by atoms with Gasteiger partial charge < -0.3 is 24.1 Å². The molecule has 0 saturated heterocycles. The van der Waals surface area contributed by atoms with E-state index < -0.39 is 29.1 Å². The number of aliphatic hydroxyl groups excluding tert-OH is 1. The Balaban J connectivity index is 4.49. The first kappa shape index (κ1) is 23.8. The van der Waals surface area contributed by atoms with E-state index in [0.29, 0.717) is 0 Å². The first-order valence-corrected chi connectivity index (χ1v) is 8.60. The maximum Gasteiger partial charge on any atom is 0.337 e. The number of carbonyl (C=O) groups excluding carboxylic acids is 2. The lowest BCUT2D eigenvalue weighted by atomic mass is 9.94. The van der Waals surface area contributed by atoms with E-state index in [1.54, 1.807) is 27.7 Å². The van der Waals surface area contributed by atoms with E-state index in [9.17, 15) is 9.59 Å². The van der Waals surface area contributed by atoms with Crippen LogP contribution in [0, 0.1) is 5.41 Å². The molecule has 0 heterocycles. The van der Waals surface area contributed by atoms with Gasteiger partial charge in [-0.2, -0.15) is 0 Å². The number of esters is 2. The fraction of sp³-hybridized carbons (Fsp3) is 0.889. The lowest BCUT2D eigenvalue weighted by Crippen LogP contribution is -2.42. The summed E-state index contributed by atoms with van der Waals surface area (Å²) in [6.07, 6.45) is -0.896. The zero-order valence-electron chi connectivity index (χ0n) is 16.8. The Bertz CT molecular complexity index is 427. The van der Waals surface area contributed by atoms with Crippen molar-refractivity contribution in [1.29, 1.82) is 0 Å². The molecule has 2 unspecified atom stereocenters. The second-order valence-corrected chi connectivity index (χ2v) is 7.72. The molecule has 0 aliphatic carbocycles. The molecule has 0 aliphatic heterocycles. The Kier molecular flexibility index (Phi) is 9.61. The van der Waals surface area contributed by atoms with Crippen LogP contribution in [-0.4, -0.2) is 60.8 Å². The predicted molar refractivity (Wildman–Crippen MR) is 93.1 cm³/mol. The van der Waals surface area contributed by atoms with Crippen LogP contribution in [0.15, 0.2) is 0 Å². The molecule has 0 saturated carbocycles. The summed E-state index contributed by atoms with van der Waals surface area (Å²) in [5.74, 6) is -1.03. The normalized spacial score (nSPS) is 15.0. The van der Waals surface area contributed by atoms with Gasteiger partial charge in [-0.1, -0.05) is 0 Å². The Hall–Kier alpha value is -1.18. The number of carbonyl (C=O) groups is 2. The highest BCUT2D eigenvalue weighted by Crippen LogP contribution is 2.23. The van der Waals surface area contributed by atoms with Crippen LogP contribution < -0.4 is 0 Å². The van der Waals surface area contributed by atoms with Crippen molar-refractivity contribution in [3.63, 3.8) is 0 Å². The van der Waals surface area contributed by atoms with Gasteiger partial charge in [-0.15, -0.1) is 0 Å². The SMILES string of the molecule is CC(O)COC(=O)C(C)(C)OCC(C)(C)C(=O)OCC(C)OC(C)C. The molecule has 25 heavy (non-hydrogen) atoms. The first-order chi connectivity index (χ1) is 11.3. The smallest absolute Gasteiger partial charge is 0.337 e. The van der Waals surface area contributed by atoms with E-state index in [1.807, 2.05) is 20.8 Å². The molecule has 0 rings (SSSR count). The highest BCUT2D eigenvalue weighted by Gasteiger charge is 2.37. The Morgan fingerprint density at radius 3 is 1.92 bits per heavy atom. The topological polar surface area (TPSA) is 91.3 Å². The van der Waals surface area contributed by atoms with Gasteiger partial charge in [-0.3, -0.25) is 4.79 Å². The van der Waals surface area contributed by atoms with Crippen molar-refractivity contribution in [3.05, 3.63) is 0 Å². The minimum Gasteiger partial charge on any atom is -0.462 e. The van der Waals surface area contributed by atoms with Crippen LogP contribution in [0.2, 0.25) is 0 Å². The summed E-state index contributed by atoms with van der Waals surface area (Å²) in [7, 11) is 0. The van der Waals surface area contributed by atoms with Crippen LogP contribution in [0.3, 0.4) is 0 Å². The summed E-state index contributed by atoms with van der Waals surface area (Å²) in [6, 6.07) is 0. The summed E-state index contributed by atoms with van der Waals surface area (Å²) in [5, 5.41) is 9.17. The zero-order chi connectivity index (χ0) is 19.8. The average molecular weight is 362 g/mol. The summed E-state index contributed by atoms with van der Waals surface area (Å²) >= 11 is 0. The minimum absolute atomic E-state index is 0.0119. The summed E-state index contributed by atoms with van der Waals surface area (Å²) in [6.45, 7) is 13.7. The van der Waals surface area contributed by atoms with Crippen molar-refractivity contribution in [2.75, 3.05) is 19.8 Å². The average Bonchev–Trinajstić information content (AvgIpc) is 2.47. The highest BCUT2D eigenvalue weighted by atomic mass is 16.6. The van der Waals surface area contributed by atoms with Gasteiger partial charge in [0.2, 0.25) is 0 Å². The number of hydrogen-bond acceptors (Lipinski definition) is 7. The molecule has 2 atom stereocenters. The first-order valence-electron chi connectivity index (χ1n) is 8.60. The quantitative estimate of drug-likeness (QED) is 0.563. The minimum atomic E-state index is -1.24. The second kappa shape index (κ2) is 10.1. The van der Waals surface area contributed by atoms with E-state index in [4.69, 9.17) is 24.1 Å². The van der Waals surface area contributed by atoms with Gasteiger partial charge in [-0.25, -0.2) is 4.79 Å². The van der Waals surface area contributed by atoms with Gasteiger partial charge in [0.25, 0.3) is 0 Å². The van der Waals surface area contributed by atoms with Crippen molar-refractivity contribution < 1.29 is 33.6 Å². The van der Waals surface area contributed by atoms with E-state index in [1.165, 1.54) is 6.92 Å². The largest absolute Gasteiger partial charge is 0.462 e. The van der Waals surface area contributed by atoms with Crippen LogP contribution in [0.5, 0.6) is 0 Å². The van der Waals surface area contributed by atoms with E-state index in [2.05, 4.69) is 0 Å². The number of rotatable bonds is 11. The zero-order valence-corrected chi connectivity index (χ0v) is 16.8.